The second-order valence-corrected chi connectivity index (χ2v) is 8.14. The zero-order chi connectivity index (χ0) is 25.1. The zero-order valence-corrected chi connectivity index (χ0v) is 20.1. The van der Waals surface area contributed by atoms with Gasteiger partial charge in [0, 0.05) is 44.1 Å². The Labute approximate surface area is 200 Å². The summed E-state index contributed by atoms with van der Waals surface area (Å²) in [5, 5.41) is 27.5. The van der Waals surface area contributed by atoms with Gasteiger partial charge in [0.25, 0.3) is 5.91 Å². The van der Waals surface area contributed by atoms with Gasteiger partial charge in [-0.1, -0.05) is 6.07 Å². The first kappa shape index (κ1) is 26.7. The van der Waals surface area contributed by atoms with Crippen LogP contribution in [0.25, 0.3) is 5.70 Å². The minimum absolute atomic E-state index is 0.0141. The van der Waals surface area contributed by atoms with E-state index >= 15 is 0 Å². The first-order valence-corrected chi connectivity index (χ1v) is 11.3. The standard InChI is InChI=1S/C26H33FN4O3/c1-17(2)34-25-10-8-19(14-20(25)15-28)26(33)31-21(6-5-11-32)12-18-7-9-22(23(27)13-18)24(30-4)16-29-3/h7-10,13-14,16-17,21,29-30,32H,5-6,11-12H2,1-4H3,(H,31,33)/b24-16-/t21-/m1/s1. The van der Waals surface area contributed by atoms with E-state index in [4.69, 9.17) is 4.74 Å². The first-order chi connectivity index (χ1) is 16.3. The van der Waals surface area contributed by atoms with Crippen molar-refractivity contribution in [2.24, 2.45) is 0 Å². The number of carbonyl (C=O) groups is 1. The number of nitriles is 1. The average Bonchev–Trinajstić information content (AvgIpc) is 2.81. The van der Waals surface area contributed by atoms with E-state index in [1.54, 1.807) is 38.5 Å². The molecule has 0 bridgehead atoms. The molecule has 0 aliphatic rings. The van der Waals surface area contributed by atoms with Crippen molar-refractivity contribution in [2.75, 3.05) is 20.7 Å². The molecule has 0 saturated heterocycles. The Kier molecular flexibility index (Phi) is 10.4. The fourth-order valence-corrected chi connectivity index (χ4v) is 3.56. The Bertz CT molecular complexity index is 1050. The number of rotatable bonds is 12. The van der Waals surface area contributed by atoms with Crippen molar-refractivity contribution < 1.29 is 19.0 Å². The average molecular weight is 469 g/mol. The van der Waals surface area contributed by atoms with E-state index < -0.39 is 0 Å². The third kappa shape index (κ3) is 7.49. The van der Waals surface area contributed by atoms with E-state index in [1.165, 1.54) is 12.1 Å². The molecule has 4 N–H and O–H groups in total. The van der Waals surface area contributed by atoms with Gasteiger partial charge in [0.1, 0.15) is 17.6 Å². The summed E-state index contributed by atoms with van der Waals surface area (Å²) in [7, 11) is 3.46. The number of nitrogens with zero attached hydrogens (tertiary/aromatic N) is 1. The maximum absolute atomic E-state index is 14.8. The summed E-state index contributed by atoms with van der Waals surface area (Å²) < 4.78 is 20.4. The lowest BCUT2D eigenvalue weighted by Crippen LogP contribution is -2.36. The van der Waals surface area contributed by atoms with E-state index in [9.17, 15) is 19.6 Å². The molecule has 2 aromatic carbocycles. The number of carbonyl (C=O) groups excluding carboxylic acids is 1. The SMILES string of the molecule is CN/C=C(\NC)c1ccc(C[C@@H](CCCO)NC(=O)c2ccc(OC(C)C)c(C#N)c2)cc1F. The summed E-state index contributed by atoms with van der Waals surface area (Å²) >= 11 is 0. The lowest BCUT2D eigenvalue weighted by molar-refractivity contribution is 0.0932. The van der Waals surface area contributed by atoms with Crippen LogP contribution in [0.3, 0.4) is 0 Å². The van der Waals surface area contributed by atoms with Crippen molar-refractivity contribution in [1.82, 2.24) is 16.0 Å². The molecule has 0 aliphatic heterocycles. The summed E-state index contributed by atoms with van der Waals surface area (Å²) in [5.41, 5.74) is 2.39. The predicted octanol–water partition coefficient (Wildman–Crippen LogP) is 3.34. The van der Waals surface area contributed by atoms with Gasteiger partial charge in [-0.05, 0) is 69.0 Å². The maximum atomic E-state index is 14.8. The summed E-state index contributed by atoms with van der Waals surface area (Å²) in [6.07, 6.45) is 2.99. The Balaban J connectivity index is 2.20. The summed E-state index contributed by atoms with van der Waals surface area (Å²) in [6.45, 7) is 3.71. The quantitative estimate of drug-likeness (QED) is 0.381. The van der Waals surface area contributed by atoms with Gasteiger partial charge in [-0.2, -0.15) is 5.26 Å². The van der Waals surface area contributed by atoms with Gasteiger partial charge in [-0.3, -0.25) is 4.79 Å². The van der Waals surface area contributed by atoms with Gasteiger partial charge < -0.3 is 25.8 Å². The Morgan fingerprint density at radius 1 is 1.24 bits per heavy atom. The molecule has 0 aliphatic carbocycles. The summed E-state index contributed by atoms with van der Waals surface area (Å²) in [5.74, 6) is -0.295. The molecule has 0 saturated carbocycles. The molecular weight excluding hydrogens is 435 g/mol. The highest BCUT2D eigenvalue weighted by atomic mass is 19.1. The van der Waals surface area contributed by atoms with Crippen LogP contribution in [0.5, 0.6) is 5.75 Å². The fraction of sp³-hybridized carbons (Fsp3) is 0.385. The van der Waals surface area contributed by atoms with E-state index in [2.05, 4.69) is 22.0 Å². The number of amides is 1. The number of aliphatic hydroxyl groups is 1. The highest BCUT2D eigenvalue weighted by Crippen LogP contribution is 2.22. The molecule has 0 aromatic heterocycles. The van der Waals surface area contributed by atoms with Gasteiger partial charge in [0.05, 0.1) is 17.4 Å². The smallest absolute Gasteiger partial charge is 0.251 e. The van der Waals surface area contributed by atoms with Crippen molar-refractivity contribution in [3.05, 3.63) is 70.7 Å². The molecule has 34 heavy (non-hydrogen) atoms. The van der Waals surface area contributed by atoms with Gasteiger partial charge in [-0.25, -0.2) is 4.39 Å². The molecular formula is C26H33FN4O3. The first-order valence-electron chi connectivity index (χ1n) is 11.3. The molecule has 1 amide bonds. The monoisotopic (exact) mass is 468 g/mol. The van der Waals surface area contributed by atoms with E-state index in [-0.39, 0.29) is 36.0 Å². The second kappa shape index (κ2) is 13.2. The molecule has 182 valence electrons. The third-order valence-corrected chi connectivity index (χ3v) is 5.13. The van der Waals surface area contributed by atoms with Gasteiger partial charge in [-0.15, -0.1) is 0 Å². The van der Waals surface area contributed by atoms with Crippen LogP contribution in [0.1, 0.15) is 53.7 Å². The van der Waals surface area contributed by atoms with Crippen LogP contribution < -0.4 is 20.7 Å². The minimum Gasteiger partial charge on any atom is -0.490 e. The van der Waals surface area contributed by atoms with Crippen molar-refractivity contribution >= 4 is 11.6 Å². The van der Waals surface area contributed by atoms with Crippen molar-refractivity contribution in [1.29, 1.82) is 5.26 Å². The third-order valence-electron chi connectivity index (χ3n) is 5.13. The van der Waals surface area contributed by atoms with Crippen LogP contribution in [-0.2, 0) is 6.42 Å². The van der Waals surface area contributed by atoms with E-state index in [0.717, 1.165) is 5.56 Å². The van der Waals surface area contributed by atoms with Crippen LogP contribution in [0.2, 0.25) is 0 Å². The minimum atomic E-state index is -0.375. The fourth-order valence-electron chi connectivity index (χ4n) is 3.56. The molecule has 0 radical (unpaired) electrons. The molecule has 1 atom stereocenters. The number of nitrogens with one attached hydrogen (secondary N) is 3. The Hall–Kier alpha value is -3.57. The number of ether oxygens (including phenoxy) is 1. The van der Waals surface area contributed by atoms with Crippen LogP contribution in [0.4, 0.5) is 4.39 Å². The normalized spacial score (nSPS) is 12.1. The molecule has 0 heterocycles. The van der Waals surface area contributed by atoms with Crippen LogP contribution in [0.15, 0.2) is 42.6 Å². The predicted molar refractivity (Wildman–Crippen MR) is 131 cm³/mol. The van der Waals surface area contributed by atoms with Crippen LogP contribution >= 0.6 is 0 Å². The lowest BCUT2D eigenvalue weighted by Gasteiger charge is -2.20. The molecule has 0 spiro atoms. The van der Waals surface area contributed by atoms with Gasteiger partial charge in [0.2, 0.25) is 0 Å². The number of benzene rings is 2. The topological polar surface area (TPSA) is 106 Å². The van der Waals surface area contributed by atoms with Crippen molar-refractivity contribution in [3.8, 4) is 11.8 Å². The Morgan fingerprint density at radius 2 is 2.00 bits per heavy atom. The highest BCUT2D eigenvalue weighted by Gasteiger charge is 2.18. The number of aliphatic hydroxyl groups excluding tert-OH is 1. The van der Waals surface area contributed by atoms with E-state index in [1.807, 2.05) is 19.9 Å². The van der Waals surface area contributed by atoms with Crippen molar-refractivity contribution in [2.45, 2.75) is 45.3 Å². The van der Waals surface area contributed by atoms with Gasteiger partial charge in [0.15, 0.2) is 0 Å². The summed E-state index contributed by atoms with van der Waals surface area (Å²) in [6, 6.07) is 11.4. The zero-order valence-electron chi connectivity index (χ0n) is 20.1. The number of halogens is 1. The van der Waals surface area contributed by atoms with Crippen molar-refractivity contribution in [3.63, 3.8) is 0 Å². The molecule has 8 heteroatoms. The van der Waals surface area contributed by atoms with Crippen LogP contribution in [-0.4, -0.2) is 43.9 Å². The van der Waals surface area contributed by atoms with E-state index in [0.29, 0.717) is 41.8 Å². The second-order valence-electron chi connectivity index (χ2n) is 8.14. The maximum Gasteiger partial charge on any atom is 0.251 e. The number of hydrogen-bond donors (Lipinski definition) is 4. The van der Waals surface area contributed by atoms with Crippen LogP contribution in [0, 0.1) is 17.1 Å². The number of hydrogen-bond acceptors (Lipinski definition) is 6. The lowest BCUT2D eigenvalue weighted by atomic mass is 9.99. The molecule has 2 aromatic rings. The largest absolute Gasteiger partial charge is 0.490 e. The molecule has 7 nitrogen and oxygen atoms in total. The molecule has 0 fully saturated rings. The Morgan fingerprint density at radius 3 is 2.59 bits per heavy atom. The highest BCUT2D eigenvalue weighted by molar-refractivity contribution is 5.95. The molecule has 0 unspecified atom stereocenters. The molecule has 2 rings (SSSR count). The summed E-state index contributed by atoms with van der Waals surface area (Å²) in [4.78, 5) is 12.9. The van der Waals surface area contributed by atoms with Gasteiger partial charge >= 0.3 is 0 Å².